The van der Waals surface area contributed by atoms with Crippen molar-refractivity contribution in [2.45, 2.75) is 13.8 Å². The lowest BCUT2D eigenvalue weighted by molar-refractivity contribution is 0.334. The molecule has 0 unspecified atom stereocenters. The van der Waals surface area contributed by atoms with Gasteiger partial charge < -0.3 is 5.11 Å². The summed E-state index contributed by atoms with van der Waals surface area (Å²) in [6.07, 6.45) is 3.64. The van der Waals surface area contributed by atoms with E-state index in [9.17, 15) is 0 Å². The van der Waals surface area contributed by atoms with Crippen molar-refractivity contribution in [2.75, 3.05) is 6.61 Å². The Hall–Kier alpha value is -0.890. The van der Waals surface area contributed by atoms with Crippen molar-refractivity contribution in [3.63, 3.8) is 0 Å². The fourth-order valence-electron chi connectivity index (χ4n) is 0.534. The van der Waals surface area contributed by atoms with E-state index < -0.39 is 0 Å². The highest BCUT2D eigenvalue weighted by atomic mass is 16.3. The van der Waals surface area contributed by atoms with Gasteiger partial charge in [-0.2, -0.15) is 0 Å². The lowest BCUT2D eigenvalue weighted by atomic mass is 10.2. The van der Waals surface area contributed by atoms with Gasteiger partial charge in [0, 0.05) is 5.70 Å². The zero-order valence-electron chi connectivity index (χ0n) is 6.46. The van der Waals surface area contributed by atoms with Crippen LogP contribution in [0.15, 0.2) is 28.4 Å². The Balaban J connectivity index is 4.22. The van der Waals surface area contributed by atoms with Crippen molar-refractivity contribution in [3.05, 3.63) is 23.4 Å². The summed E-state index contributed by atoms with van der Waals surface area (Å²) in [5.74, 6) is 0. The number of allylic oxidation sites excluding steroid dienone is 2. The highest BCUT2D eigenvalue weighted by Gasteiger charge is 1.87. The van der Waals surface area contributed by atoms with Gasteiger partial charge in [-0.15, -0.1) is 0 Å². The molecule has 10 heavy (non-hydrogen) atoms. The molecule has 0 fully saturated rings. The summed E-state index contributed by atoms with van der Waals surface area (Å²) in [6.45, 7) is 7.13. The standard InChI is InChI=1S/C8H13NO/c1-4-8(6-10)5-7(2)9-3/h4-5,10H,3,6H2,1-2H3/b7-5-,8-4+. The highest BCUT2D eigenvalue weighted by molar-refractivity contribution is 5.31. The average Bonchev–Trinajstić information content (AvgIpc) is 1.99. The van der Waals surface area contributed by atoms with E-state index in [0.717, 1.165) is 11.3 Å². The zero-order valence-corrected chi connectivity index (χ0v) is 6.46. The summed E-state index contributed by atoms with van der Waals surface area (Å²) in [6, 6.07) is 0. The predicted octanol–water partition coefficient (Wildman–Crippen LogP) is 1.53. The van der Waals surface area contributed by atoms with Crippen molar-refractivity contribution in [1.29, 1.82) is 0 Å². The van der Waals surface area contributed by atoms with Crippen LogP contribution in [0.5, 0.6) is 0 Å². The summed E-state index contributed by atoms with van der Waals surface area (Å²) in [4.78, 5) is 3.68. The van der Waals surface area contributed by atoms with Gasteiger partial charge in [0.1, 0.15) is 0 Å². The molecule has 0 radical (unpaired) electrons. The average molecular weight is 139 g/mol. The number of nitrogens with zero attached hydrogens (tertiary/aromatic N) is 1. The van der Waals surface area contributed by atoms with Crippen LogP contribution >= 0.6 is 0 Å². The Morgan fingerprint density at radius 1 is 1.70 bits per heavy atom. The first-order valence-corrected chi connectivity index (χ1v) is 3.15. The monoisotopic (exact) mass is 139 g/mol. The molecule has 0 saturated heterocycles. The number of aliphatic hydroxyl groups excluding tert-OH is 1. The van der Waals surface area contributed by atoms with Gasteiger partial charge in [-0.1, -0.05) is 6.08 Å². The van der Waals surface area contributed by atoms with Crippen LogP contribution < -0.4 is 0 Å². The number of hydrogen-bond donors (Lipinski definition) is 1. The largest absolute Gasteiger partial charge is 0.392 e. The maximum absolute atomic E-state index is 8.70. The van der Waals surface area contributed by atoms with Gasteiger partial charge in [0.25, 0.3) is 0 Å². The van der Waals surface area contributed by atoms with Crippen molar-refractivity contribution in [1.82, 2.24) is 0 Å². The first-order chi connectivity index (χ1) is 4.74. The molecule has 0 rings (SSSR count). The lowest BCUT2D eigenvalue weighted by Crippen LogP contribution is -1.85. The summed E-state index contributed by atoms with van der Waals surface area (Å²) < 4.78 is 0. The van der Waals surface area contributed by atoms with Crippen LogP contribution in [0.3, 0.4) is 0 Å². The predicted molar refractivity (Wildman–Crippen MR) is 44.1 cm³/mol. The fourth-order valence-corrected chi connectivity index (χ4v) is 0.534. The molecule has 0 aromatic carbocycles. The normalized spacial score (nSPS) is 13.5. The van der Waals surface area contributed by atoms with Gasteiger partial charge in [0.15, 0.2) is 0 Å². The van der Waals surface area contributed by atoms with E-state index in [1.807, 2.05) is 19.9 Å². The van der Waals surface area contributed by atoms with Crippen LogP contribution in [-0.2, 0) is 0 Å². The molecule has 0 atom stereocenters. The molecule has 0 aliphatic rings. The van der Waals surface area contributed by atoms with E-state index in [0.29, 0.717) is 0 Å². The number of rotatable bonds is 3. The maximum Gasteiger partial charge on any atom is 0.0679 e. The van der Waals surface area contributed by atoms with Crippen LogP contribution in [0.1, 0.15) is 13.8 Å². The molecule has 0 bridgehead atoms. The van der Waals surface area contributed by atoms with Crippen molar-refractivity contribution >= 4 is 6.72 Å². The van der Waals surface area contributed by atoms with E-state index in [2.05, 4.69) is 11.7 Å². The summed E-state index contributed by atoms with van der Waals surface area (Å²) in [7, 11) is 0. The van der Waals surface area contributed by atoms with E-state index in [-0.39, 0.29) is 6.61 Å². The first kappa shape index (κ1) is 9.11. The highest BCUT2D eigenvalue weighted by Crippen LogP contribution is 2.01. The van der Waals surface area contributed by atoms with Crippen molar-refractivity contribution < 1.29 is 5.11 Å². The first-order valence-electron chi connectivity index (χ1n) is 3.15. The number of hydrogen-bond acceptors (Lipinski definition) is 2. The Morgan fingerprint density at radius 3 is 2.60 bits per heavy atom. The van der Waals surface area contributed by atoms with Crippen molar-refractivity contribution in [3.8, 4) is 0 Å². The molecule has 2 nitrogen and oxygen atoms in total. The Labute approximate surface area is 61.6 Å². The van der Waals surface area contributed by atoms with Crippen LogP contribution in [0.25, 0.3) is 0 Å². The van der Waals surface area contributed by atoms with Gasteiger partial charge in [0.2, 0.25) is 0 Å². The molecule has 0 aromatic heterocycles. The van der Waals surface area contributed by atoms with E-state index in [4.69, 9.17) is 5.11 Å². The van der Waals surface area contributed by atoms with Gasteiger partial charge in [-0.05, 0) is 32.2 Å². The number of aliphatic hydroxyl groups is 1. The Kier molecular flexibility index (Phi) is 4.50. The molecule has 56 valence electrons. The van der Waals surface area contributed by atoms with E-state index in [1.165, 1.54) is 0 Å². The minimum Gasteiger partial charge on any atom is -0.392 e. The third kappa shape index (κ3) is 3.20. The fraction of sp³-hybridized carbons (Fsp3) is 0.375. The minimum absolute atomic E-state index is 0.0589. The van der Waals surface area contributed by atoms with Crippen LogP contribution in [0.4, 0.5) is 0 Å². The molecule has 1 N–H and O–H groups in total. The molecule has 0 aromatic rings. The molecule has 0 spiro atoms. The third-order valence-electron chi connectivity index (χ3n) is 1.20. The van der Waals surface area contributed by atoms with E-state index in [1.54, 1.807) is 6.08 Å². The Morgan fingerprint density at radius 2 is 2.30 bits per heavy atom. The smallest absolute Gasteiger partial charge is 0.0679 e. The van der Waals surface area contributed by atoms with Crippen molar-refractivity contribution in [2.24, 2.45) is 4.99 Å². The summed E-state index contributed by atoms with van der Waals surface area (Å²) in [5.41, 5.74) is 1.69. The van der Waals surface area contributed by atoms with Crippen LogP contribution in [-0.4, -0.2) is 18.4 Å². The summed E-state index contributed by atoms with van der Waals surface area (Å²) in [5, 5.41) is 8.70. The second-order valence-electron chi connectivity index (χ2n) is 1.97. The molecule has 0 saturated carbocycles. The zero-order chi connectivity index (χ0) is 7.98. The lowest BCUT2D eigenvalue weighted by Gasteiger charge is -1.94. The molecule has 2 heteroatoms. The minimum atomic E-state index is 0.0589. The quantitative estimate of drug-likeness (QED) is 0.466. The second-order valence-corrected chi connectivity index (χ2v) is 1.97. The van der Waals surface area contributed by atoms with E-state index >= 15 is 0 Å². The molecular formula is C8H13NO. The van der Waals surface area contributed by atoms with Gasteiger partial charge in [-0.3, -0.25) is 4.99 Å². The molecule has 0 aliphatic heterocycles. The Bertz CT molecular complexity index is 168. The van der Waals surface area contributed by atoms with Gasteiger partial charge in [0.05, 0.1) is 6.61 Å². The SMILES string of the molecule is C=N/C(C)=C\C(=C/C)CO. The molecule has 0 amide bonds. The third-order valence-corrected chi connectivity index (χ3v) is 1.20. The number of aliphatic imine (C=N–C) groups is 1. The maximum atomic E-state index is 8.70. The summed E-state index contributed by atoms with van der Waals surface area (Å²) >= 11 is 0. The van der Waals surface area contributed by atoms with Gasteiger partial charge in [-0.25, -0.2) is 0 Å². The molecular weight excluding hydrogens is 126 g/mol. The second kappa shape index (κ2) is 4.94. The topological polar surface area (TPSA) is 32.6 Å². The van der Waals surface area contributed by atoms with Gasteiger partial charge >= 0.3 is 0 Å². The molecule has 0 aliphatic carbocycles. The molecule has 0 heterocycles. The van der Waals surface area contributed by atoms with Crippen LogP contribution in [0, 0.1) is 0 Å². The van der Waals surface area contributed by atoms with Crippen LogP contribution in [0.2, 0.25) is 0 Å².